The Morgan fingerprint density at radius 2 is 1.77 bits per heavy atom. The molecule has 1 fully saturated rings. The number of carbonyl (C=O) groups excluding carboxylic acids is 1. The number of unbranched alkanes of at least 4 members (excludes halogenated alkanes) is 1. The first-order valence-electron chi connectivity index (χ1n) is 11.2. The summed E-state index contributed by atoms with van der Waals surface area (Å²) >= 11 is 0. The van der Waals surface area contributed by atoms with Gasteiger partial charge in [0.15, 0.2) is 0 Å². The summed E-state index contributed by atoms with van der Waals surface area (Å²) in [5.74, 6) is -0.785. The minimum Gasteiger partial charge on any atom is -0.312 e. The maximum Gasteiger partial charge on any atom is 0.227 e. The molecule has 1 saturated heterocycles. The van der Waals surface area contributed by atoms with E-state index in [2.05, 4.69) is 45.0 Å². The van der Waals surface area contributed by atoms with Crippen LogP contribution in [0.3, 0.4) is 0 Å². The molecule has 0 N–H and O–H groups in total. The maximum absolute atomic E-state index is 14.1. The van der Waals surface area contributed by atoms with Gasteiger partial charge in [0, 0.05) is 24.7 Å². The molecule has 0 spiro atoms. The first kappa shape index (κ1) is 23.4. The van der Waals surface area contributed by atoms with E-state index < -0.39 is 11.6 Å². The first-order chi connectivity index (χ1) is 14.7. The Labute approximate surface area is 185 Å². The lowest BCUT2D eigenvalue weighted by molar-refractivity contribution is -0.120. The van der Waals surface area contributed by atoms with E-state index in [0.717, 1.165) is 48.7 Å². The molecule has 1 heterocycles. The molecule has 1 amide bonds. The van der Waals surface area contributed by atoms with Gasteiger partial charge in [-0.25, -0.2) is 8.78 Å². The van der Waals surface area contributed by atoms with Crippen LogP contribution in [-0.2, 0) is 17.6 Å². The summed E-state index contributed by atoms with van der Waals surface area (Å²) in [6, 6.07) is 8.17. The second-order valence-electron chi connectivity index (χ2n) is 9.19. The van der Waals surface area contributed by atoms with Crippen molar-refractivity contribution in [1.82, 2.24) is 4.90 Å². The lowest BCUT2D eigenvalue weighted by atomic mass is 9.89. The normalized spacial score (nSPS) is 16.9. The van der Waals surface area contributed by atoms with Gasteiger partial charge in [0.1, 0.15) is 11.6 Å². The second-order valence-corrected chi connectivity index (χ2v) is 9.19. The molecule has 3 nitrogen and oxygen atoms in total. The monoisotopic (exact) mass is 428 g/mol. The smallest absolute Gasteiger partial charge is 0.227 e. The van der Waals surface area contributed by atoms with Gasteiger partial charge in [-0.2, -0.15) is 0 Å². The van der Waals surface area contributed by atoms with Crippen molar-refractivity contribution >= 4 is 11.6 Å². The van der Waals surface area contributed by atoms with E-state index in [1.165, 1.54) is 24.1 Å². The molecule has 0 radical (unpaired) electrons. The SMILES string of the molecule is Cc1cc(CCCCN(C)C)cc(C)c1N1CC(Cc2ccc(F)cc2F)CCC1=O. The van der Waals surface area contributed by atoms with E-state index in [-0.39, 0.29) is 11.8 Å². The highest BCUT2D eigenvalue weighted by Gasteiger charge is 2.29. The van der Waals surface area contributed by atoms with E-state index in [1.807, 2.05) is 4.90 Å². The summed E-state index contributed by atoms with van der Waals surface area (Å²) in [7, 11) is 4.19. The lowest BCUT2D eigenvalue weighted by Crippen LogP contribution is -2.41. The van der Waals surface area contributed by atoms with E-state index in [1.54, 1.807) is 0 Å². The van der Waals surface area contributed by atoms with Crippen LogP contribution in [0.2, 0.25) is 0 Å². The number of amides is 1. The van der Waals surface area contributed by atoms with Gasteiger partial charge >= 0.3 is 0 Å². The third-order valence-electron chi connectivity index (χ3n) is 6.17. The van der Waals surface area contributed by atoms with Crippen molar-refractivity contribution in [2.24, 2.45) is 5.92 Å². The summed E-state index contributed by atoms with van der Waals surface area (Å²) in [6.45, 7) is 5.80. The molecule has 1 atom stereocenters. The second kappa shape index (κ2) is 10.4. The molecule has 2 aromatic rings. The highest BCUT2D eigenvalue weighted by molar-refractivity contribution is 5.95. The van der Waals surface area contributed by atoms with Crippen LogP contribution in [0.5, 0.6) is 0 Å². The van der Waals surface area contributed by atoms with Crippen LogP contribution in [0, 0.1) is 31.4 Å². The van der Waals surface area contributed by atoms with Crippen molar-refractivity contribution in [3.63, 3.8) is 0 Å². The maximum atomic E-state index is 14.1. The number of benzene rings is 2. The molecule has 1 unspecified atom stereocenters. The van der Waals surface area contributed by atoms with Crippen LogP contribution in [-0.4, -0.2) is 38.0 Å². The quantitative estimate of drug-likeness (QED) is 0.522. The fraction of sp³-hybridized carbons (Fsp3) is 0.500. The number of hydrogen-bond donors (Lipinski definition) is 0. The van der Waals surface area contributed by atoms with Crippen molar-refractivity contribution in [3.8, 4) is 0 Å². The fourth-order valence-corrected chi connectivity index (χ4v) is 4.67. The molecular weight excluding hydrogens is 394 g/mol. The molecular formula is C26H34F2N2O. The molecule has 1 aliphatic rings. The van der Waals surface area contributed by atoms with Gasteiger partial charge in [-0.15, -0.1) is 0 Å². The standard InChI is InChI=1S/C26H34F2N2O/c1-18-13-20(7-5-6-12-29(3)4)14-19(2)26(18)30-17-21(8-11-25(30)31)15-22-9-10-23(27)16-24(22)28/h9-10,13-14,16,21H,5-8,11-12,15,17H2,1-4H3. The third kappa shape index (κ3) is 6.13. The number of nitrogens with zero attached hydrogens (tertiary/aromatic N) is 2. The lowest BCUT2D eigenvalue weighted by Gasteiger charge is -2.35. The Hall–Kier alpha value is -2.27. The first-order valence-corrected chi connectivity index (χ1v) is 11.2. The summed E-state index contributed by atoms with van der Waals surface area (Å²) in [6.07, 6.45) is 5.05. The minimum atomic E-state index is -0.560. The van der Waals surface area contributed by atoms with Gasteiger partial charge in [0.25, 0.3) is 0 Å². The van der Waals surface area contributed by atoms with Crippen molar-refractivity contribution in [2.45, 2.75) is 52.4 Å². The van der Waals surface area contributed by atoms with Crippen molar-refractivity contribution in [3.05, 3.63) is 64.2 Å². The fourth-order valence-electron chi connectivity index (χ4n) is 4.67. The molecule has 31 heavy (non-hydrogen) atoms. The molecule has 1 aliphatic heterocycles. The van der Waals surface area contributed by atoms with Gasteiger partial charge in [-0.05, 0) is 101 Å². The number of aryl methyl sites for hydroxylation is 3. The Morgan fingerprint density at radius 1 is 1.06 bits per heavy atom. The van der Waals surface area contributed by atoms with Crippen LogP contribution in [0.15, 0.2) is 30.3 Å². The molecule has 0 saturated carbocycles. The molecule has 0 aromatic heterocycles. The minimum absolute atomic E-state index is 0.126. The number of carbonyl (C=O) groups is 1. The molecule has 0 aliphatic carbocycles. The number of hydrogen-bond acceptors (Lipinski definition) is 2. The van der Waals surface area contributed by atoms with Crippen LogP contribution in [0.1, 0.15) is 47.9 Å². The van der Waals surface area contributed by atoms with Crippen LogP contribution in [0.4, 0.5) is 14.5 Å². The van der Waals surface area contributed by atoms with E-state index >= 15 is 0 Å². The average Bonchev–Trinajstić information content (AvgIpc) is 2.69. The largest absolute Gasteiger partial charge is 0.312 e. The van der Waals surface area contributed by atoms with Gasteiger partial charge in [0.05, 0.1) is 0 Å². The third-order valence-corrected chi connectivity index (χ3v) is 6.17. The Bertz CT molecular complexity index is 903. The number of piperidine rings is 1. The van der Waals surface area contributed by atoms with Gasteiger partial charge < -0.3 is 9.80 Å². The highest BCUT2D eigenvalue weighted by Crippen LogP contribution is 2.33. The summed E-state index contributed by atoms with van der Waals surface area (Å²) < 4.78 is 27.3. The van der Waals surface area contributed by atoms with Crippen LogP contribution in [0.25, 0.3) is 0 Å². The topological polar surface area (TPSA) is 23.6 Å². The zero-order chi connectivity index (χ0) is 22.5. The molecule has 0 bridgehead atoms. The van der Waals surface area contributed by atoms with Crippen molar-refractivity contribution < 1.29 is 13.6 Å². The summed E-state index contributed by atoms with van der Waals surface area (Å²) in [4.78, 5) is 16.9. The highest BCUT2D eigenvalue weighted by atomic mass is 19.1. The zero-order valence-electron chi connectivity index (χ0n) is 19.2. The van der Waals surface area contributed by atoms with E-state index in [9.17, 15) is 13.6 Å². The van der Waals surface area contributed by atoms with Crippen molar-refractivity contribution in [2.75, 3.05) is 32.1 Å². The molecule has 3 rings (SSSR count). The molecule has 168 valence electrons. The number of halogens is 2. The molecule has 5 heteroatoms. The van der Waals surface area contributed by atoms with Crippen molar-refractivity contribution in [1.29, 1.82) is 0 Å². The zero-order valence-corrected chi connectivity index (χ0v) is 19.2. The van der Waals surface area contributed by atoms with Crippen LogP contribution >= 0.6 is 0 Å². The number of anilines is 1. The molecule has 2 aromatic carbocycles. The predicted octanol–water partition coefficient (Wildman–Crippen LogP) is 5.45. The predicted molar refractivity (Wildman–Crippen MR) is 123 cm³/mol. The van der Waals surface area contributed by atoms with E-state index in [4.69, 9.17) is 0 Å². The Balaban J connectivity index is 1.71. The summed E-state index contributed by atoms with van der Waals surface area (Å²) in [5, 5.41) is 0. The van der Waals surface area contributed by atoms with Crippen LogP contribution < -0.4 is 4.90 Å². The van der Waals surface area contributed by atoms with Gasteiger partial charge in [-0.3, -0.25) is 4.79 Å². The van der Waals surface area contributed by atoms with Gasteiger partial charge in [-0.1, -0.05) is 18.2 Å². The van der Waals surface area contributed by atoms with E-state index in [0.29, 0.717) is 24.9 Å². The van der Waals surface area contributed by atoms with Gasteiger partial charge in [0.2, 0.25) is 5.91 Å². The number of rotatable bonds is 8. The Kier molecular flexibility index (Phi) is 7.82. The Morgan fingerprint density at radius 3 is 2.42 bits per heavy atom. The average molecular weight is 429 g/mol. The summed E-state index contributed by atoms with van der Waals surface area (Å²) in [5.41, 5.74) is 5.05.